The average Bonchev–Trinajstić information content (AvgIpc) is 2.83. The van der Waals surface area contributed by atoms with Crippen molar-refractivity contribution in [2.45, 2.75) is 68.9 Å². The Morgan fingerprint density at radius 2 is 1.76 bits per heavy atom. The van der Waals surface area contributed by atoms with E-state index in [4.69, 9.17) is 16.3 Å². The molecule has 2 aromatic rings. The highest BCUT2D eigenvalue weighted by atomic mass is 35.5. The smallest absolute Gasteiger partial charge is 0.257 e. The summed E-state index contributed by atoms with van der Waals surface area (Å²) in [5, 5.41) is 0.398. The number of hydrogen-bond donors (Lipinski definition) is 0. The van der Waals surface area contributed by atoms with E-state index in [9.17, 15) is 13.2 Å². The zero-order chi connectivity index (χ0) is 24.1. The largest absolute Gasteiger partial charge is 0.488 e. The summed E-state index contributed by atoms with van der Waals surface area (Å²) in [6.07, 6.45) is 5.30. The molecule has 1 fully saturated rings. The quantitative estimate of drug-likeness (QED) is 0.561. The second-order valence-electron chi connectivity index (χ2n) is 9.08. The molecule has 0 unspecified atom stereocenters. The molecule has 0 aromatic heterocycles. The van der Waals surface area contributed by atoms with Gasteiger partial charge in [0, 0.05) is 24.7 Å². The number of fused-ring (bicyclic) bond motifs is 2. The summed E-state index contributed by atoms with van der Waals surface area (Å²) in [6, 6.07) is 13.5. The molecule has 2 atom stereocenters. The summed E-state index contributed by atoms with van der Waals surface area (Å²) in [4.78, 5) is 15.4. The maximum atomic E-state index is 13.8. The number of hydrogen-bond acceptors (Lipinski definition) is 4. The molecule has 0 spiro atoms. The highest BCUT2D eigenvalue weighted by molar-refractivity contribution is 7.89. The van der Waals surface area contributed by atoms with E-state index in [1.54, 1.807) is 22.5 Å². The summed E-state index contributed by atoms with van der Waals surface area (Å²) in [5.74, 6) is 0.514. The topological polar surface area (TPSA) is 66.9 Å². The van der Waals surface area contributed by atoms with Crippen molar-refractivity contribution >= 4 is 27.5 Å². The number of amides is 1. The van der Waals surface area contributed by atoms with E-state index >= 15 is 0 Å². The van der Waals surface area contributed by atoms with Crippen LogP contribution >= 0.6 is 11.6 Å². The third-order valence-corrected chi connectivity index (χ3v) is 8.83. The fourth-order valence-electron chi connectivity index (χ4n) is 5.01. The molecule has 4 rings (SSSR count). The van der Waals surface area contributed by atoms with Crippen molar-refractivity contribution in [1.82, 2.24) is 9.21 Å². The summed E-state index contributed by atoms with van der Waals surface area (Å²) in [5.41, 5.74) is 0.546. The first-order valence-corrected chi connectivity index (χ1v) is 14.1. The van der Waals surface area contributed by atoms with Crippen molar-refractivity contribution < 1.29 is 17.9 Å². The minimum Gasteiger partial charge on any atom is -0.488 e. The van der Waals surface area contributed by atoms with Gasteiger partial charge in [-0.2, -0.15) is 4.31 Å². The van der Waals surface area contributed by atoms with Crippen LogP contribution in [-0.2, 0) is 10.0 Å². The molecule has 0 radical (unpaired) electrons. The Hall–Kier alpha value is -2.09. The molecular weight excluding hydrogens is 472 g/mol. The van der Waals surface area contributed by atoms with Gasteiger partial charge in [-0.15, -0.1) is 0 Å². The number of halogens is 1. The Labute approximate surface area is 207 Å². The summed E-state index contributed by atoms with van der Waals surface area (Å²) in [6.45, 7) is 3.68. The lowest BCUT2D eigenvalue weighted by molar-refractivity contribution is 0.0636. The SMILES string of the molecule is CCCN1CCCCN(S(=O)(=O)c2cccc(Cl)c2)[C@@H]2CCCC[C@@H]2Oc2ccccc2C1=O. The molecule has 1 heterocycles. The molecule has 0 bridgehead atoms. The van der Waals surface area contributed by atoms with Gasteiger partial charge in [0.1, 0.15) is 11.9 Å². The van der Waals surface area contributed by atoms with Crippen LogP contribution < -0.4 is 4.74 Å². The van der Waals surface area contributed by atoms with Crippen LogP contribution in [0.15, 0.2) is 53.4 Å². The van der Waals surface area contributed by atoms with Gasteiger partial charge in [0.05, 0.1) is 16.5 Å². The molecule has 2 aliphatic rings. The van der Waals surface area contributed by atoms with Gasteiger partial charge >= 0.3 is 0 Å². The highest BCUT2D eigenvalue weighted by Crippen LogP contribution is 2.33. The van der Waals surface area contributed by atoms with E-state index < -0.39 is 10.0 Å². The summed E-state index contributed by atoms with van der Waals surface area (Å²) < 4.78 is 35.8. The minimum absolute atomic E-state index is 0.0196. The van der Waals surface area contributed by atoms with Crippen LogP contribution in [0.2, 0.25) is 5.02 Å². The number of sulfonamides is 1. The number of benzene rings is 2. The van der Waals surface area contributed by atoms with Crippen molar-refractivity contribution in [3.05, 3.63) is 59.1 Å². The lowest BCUT2D eigenvalue weighted by atomic mass is 9.92. The first-order valence-electron chi connectivity index (χ1n) is 12.2. The van der Waals surface area contributed by atoms with E-state index in [0.717, 1.165) is 38.5 Å². The number of carbonyl (C=O) groups excluding carboxylic acids is 1. The van der Waals surface area contributed by atoms with Crippen LogP contribution in [-0.4, -0.2) is 55.3 Å². The number of nitrogens with zero attached hydrogens (tertiary/aromatic N) is 2. The fourth-order valence-corrected chi connectivity index (χ4v) is 7.03. The molecule has 0 saturated heterocycles. The van der Waals surface area contributed by atoms with Gasteiger partial charge in [-0.05, 0) is 68.9 Å². The molecular formula is C26H33ClN2O4S. The van der Waals surface area contributed by atoms with Crippen LogP contribution in [0.25, 0.3) is 0 Å². The Kier molecular flexibility index (Phi) is 8.17. The Balaban J connectivity index is 1.74. The van der Waals surface area contributed by atoms with Crippen molar-refractivity contribution in [2.24, 2.45) is 0 Å². The number of rotatable bonds is 4. The van der Waals surface area contributed by atoms with Crippen molar-refractivity contribution in [3.63, 3.8) is 0 Å². The lowest BCUT2D eigenvalue weighted by Gasteiger charge is -2.40. The monoisotopic (exact) mass is 504 g/mol. The van der Waals surface area contributed by atoms with E-state index in [1.165, 1.54) is 6.07 Å². The van der Waals surface area contributed by atoms with Crippen LogP contribution in [0.1, 0.15) is 62.2 Å². The van der Waals surface area contributed by atoms with E-state index in [0.29, 0.717) is 42.4 Å². The molecule has 1 aliphatic heterocycles. The fraction of sp³-hybridized carbons (Fsp3) is 0.500. The van der Waals surface area contributed by atoms with Gasteiger partial charge < -0.3 is 9.64 Å². The van der Waals surface area contributed by atoms with Gasteiger partial charge in [0.15, 0.2) is 0 Å². The Morgan fingerprint density at radius 3 is 2.56 bits per heavy atom. The molecule has 6 nitrogen and oxygen atoms in total. The third kappa shape index (κ3) is 5.42. The molecule has 1 amide bonds. The second-order valence-corrected chi connectivity index (χ2v) is 11.4. The van der Waals surface area contributed by atoms with Crippen LogP contribution in [0.4, 0.5) is 0 Å². The molecule has 34 heavy (non-hydrogen) atoms. The standard InChI is InChI=1S/C26H33ClN2O4S/c1-2-16-28-17-7-8-18-29(34(31,32)21-11-9-10-20(27)19-21)23-13-4-6-15-25(23)33-24-14-5-3-12-22(24)26(28)30/h3,5,9-12,14,19,23,25H,2,4,6-8,13,15-18H2,1H3/t23-,25+/m1/s1. The Bertz CT molecular complexity index is 1110. The van der Waals surface area contributed by atoms with Gasteiger partial charge in [-0.3, -0.25) is 4.79 Å². The van der Waals surface area contributed by atoms with E-state index in [-0.39, 0.29) is 22.9 Å². The van der Waals surface area contributed by atoms with Gasteiger partial charge in [0.2, 0.25) is 10.0 Å². The van der Waals surface area contributed by atoms with Crippen molar-refractivity contribution in [3.8, 4) is 5.75 Å². The minimum atomic E-state index is -3.77. The molecule has 1 aliphatic carbocycles. The van der Waals surface area contributed by atoms with Crippen molar-refractivity contribution in [2.75, 3.05) is 19.6 Å². The maximum absolute atomic E-state index is 13.8. The molecule has 0 N–H and O–H groups in total. The predicted molar refractivity (Wildman–Crippen MR) is 134 cm³/mol. The zero-order valence-electron chi connectivity index (χ0n) is 19.7. The molecule has 8 heteroatoms. The number of carbonyl (C=O) groups is 1. The molecule has 184 valence electrons. The maximum Gasteiger partial charge on any atom is 0.257 e. The van der Waals surface area contributed by atoms with E-state index in [1.807, 2.05) is 29.2 Å². The normalized spacial score (nSPS) is 22.6. The lowest BCUT2D eigenvalue weighted by Crippen LogP contribution is -2.51. The zero-order valence-corrected chi connectivity index (χ0v) is 21.2. The molecule has 2 aromatic carbocycles. The van der Waals surface area contributed by atoms with Crippen LogP contribution in [0.3, 0.4) is 0 Å². The van der Waals surface area contributed by atoms with Gasteiger partial charge in [-0.1, -0.05) is 43.1 Å². The summed E-state index contributed by atoms with van der Waals surface area (Å²) in [7, 11) is -3.77. The van der Waals surface area contributed by atoms with Gasteiger partial charge in [0.25, 0.3) is 5.91 Å². The average molecular weight is 505 g/mol. The van der Waals surface area contributed by atoms with Crippen molar-refractivity contribution in [1.29, 1.82) is 0 Å². The number of ether oxygens (including phenoxy) is 1. The first kappa shape index (κ1) is 25.0. The Morgan fingerprint density at radius 1 is 1.00 bits per heavy atom. The molecule has 1 saturated carbocycles. The summed E-state index contributed by atoms with van der Waals surface area (Å²) >= 11 is 6.14. The second kappa shape index (κ2) is 11.1. The predicted octanol–water partition coefficient (Wildman–Crippen LogP) is 5.37. The van der Waals surface area contributed by atoms with Crippen LogP contribution in [0, 0.1) is 0 Å². The first-order chi connectivity index (χ1) is 16.4. The highest BCUT2D eigenvalue weighted by Gasteiger charge is 2.39. The number of para-hydroxylation sites is 1. The third-order valence-electron chi connectivity index (χ3n) is 6.67. The van der Waals surface area contributed by atoms with Gasteiger partial charge in [-0.25, -0.2) is 8.42 Å². The van der Waals surface area contributed by atoms with E-state index in [2.05, 4.69) is 6.92 Å². The van der Waals surface area contributed by atoms with Crippen LogP contribution in [0.5, 0.6) is 5.75 Å².